The first-order chi connectivity index (χ1) is 13.6. The number of aromatic nitrogens is 4. The lowest BCUT2D eigenvalue weighted by atomic mass is 10.2. The van der Waals surface area contributed by atoms with Gasteiger partial charge in [0.1, 0.15) is 5.82 Å². The fourth-order valence-corrected chi connectivity index (χ4v) is 3.56. The molecule has 0 spiro atoms. The van der Waals surface area contributed by atoms with Gasteiger partial charge in [0.2, 0.25) is 5.95 Å². The highest BCUT2D eigenvalue weighted by molar-refractivity contribution is 5.62. The maximum Gasteiger partial charge on any atom is 0.227 e. The maximum absolute atomic E-state index is 5.42. The molecule has 3 heterocycles. The third kappa shape index (κ3) is 3.84. The highest BCUT2D eigenvalue weighted by Gasteiger charge is 2.14. The Hall–Kier alpha value is -2.93. The van der Waals surface area contributed by atoms with E-state index >= 15 is 0 Å². The molecule has 28 heavy (non-hydrogen) atoms. The fraction of sp³-hybridized carbons (Fsp3) is 0.381. The summed E-state index contributed by atoms with van der Waals surface area (Å²) in [6, 6.07) is 10.6. The summed E-state index contributed by atoms with van der Waals surface area (Å²) in [5.74, 6) is 1.56. The molecule has 0 bridgehead atoms. The summed E-state index contributed by atoms with van der Waals surface area (Å²) in [6.07, 6.45) is 3.65. The molecule has 0 aliphatic carbocycles. The first-order valence-electron chi connectivity index (χ1n) is 9.69. The first-order valence-corrected chi connectivity index (χ1v) is 9.69. The quantitative estimate of drug-likeness (QED) is 0.728. The van der Waals surface area contributed by atoms with Gasteiger partial charge in [-0.3, -0.25) is 0 Å². The highest BCUT2D eigenvalue weighted by atomic mass is 16.5. The Morgan fingerprint density at radius 2 is 1.79 bits per heavy atom. The van der Waals surface area contributed by atoms with Crippen molar-refractivity contribution in [2.75, 3.05) is 36.5 Å². The molecule has 7 heteroatoms. The Kier molecular flexibility index (Phi) is 5.25. The van der Waals surface area contributed by atoms with Crippen molar-refractivity contribution >= 4 is 17.3 Å². The van der Waals surface area contributed by atoms with E-state index in [2.05, 4.69) is 62.9 Å². The summed E-state index contributed by atoms with van der Waals surface area (Å²) < 4.78 is 7.60. The number of nitrogens with one attached hydrogen (secondary N) is 1. The van der Waals surface area contributed by atoms with Crippen molar-refractivity contribution in [3.05, 3.63) is 48.5 Å². The van der Waals surface area contributed by atoms with Gasteiger partial charge >= 0.3 is 0 Å². The Bertz CT molecular complexity index is 928. The van der Waals surface area contributed by atoms with Gasteiger partial charge in [0.25, 0.3) is 0 Å². The van der Waals surface area contributed by atoms with E-state index in [0.29, 0.717) is 12.0 Å². The largest absolute Gasteiger partial charge is 0.378 e. The summed E-state index contributed by atoms with van der Waals surface area (Å²) in [5.41, 5.74) is 4.03. The maximum atomic E-state index is 5.42. The number of aryl methyl sites for hydroxylation is 1. The third-order valence-corrected chi connectivity index (χ3v) is 4.92. The van der Waals surface area contributed by atoms with E-state index in [1.165, 1.54) is 5.69 Å². The number of imidazole rings is 1. The molecule has 3 aromatic rings. The molecule has 1 fully saturated rings. The molecule has 0 saturated carbocycles. The van der Waals surface area contributed by atoms with E-state index in [0.717, 1.165) is 49.2 Å². The Labute approximate surface area is 165 Å². The standard InChI is InChI=1S/C21H26N6O/c1-15(2)27-16(3)23-14-20(27)19-8-9-22-21(25-19)24-17-4-6-18(7-5-17)26-10-12-28-13-11-26/h4-9,14-15H,10-13H2,1-3H3,(H,22,24,25). The van der Waals surface area contributed by atoms with Crippen molar-refractivity contribution in [2.45, 2.75) is 26.8 Å². The minimum Gasteiger partial charge on any atom is -0.378 e. The van der Waals surface area contributed by atoms with Crippen LogP contribution in [0.15, 0.2) is 42.7 Å². The van der Waals surface area contributed by atoms with Crippen LogP contribution < -0.4 is 10.2 Å². The third-order valence-electron chi connectivity index (χ3n) is 4.92. The van der Waals surface area contributed by atoms with E-state index in [1.54, 1.807) is 6.20 Å². The Morgan fingerprint density at radius 1 is 1.04 bits per heavy atom. The first kappa shape index (κ1) is 18.4. The van der Waals surface area contributed by atoms with E-state index in [9.17, 15) is 0 Å². The smallest absolute Gasteiger partial charge is 0.227 e. The second-order valence-electron chi connectivity index (χ2n) is 7.19. The predicted octanol–water partition coefficient (Wildman–Crippen LogP) is 3.81. The van der Waals surface area contributed by atoms with Gasteiger partial charge in [-0.1, -0.05) is 0 Å². The zero-order valence-electron chi connectivity index (χ0n) is 16.6. The van der Waals surface area contributed by atoms with Crippen molar-refractivity contribution in [3.63, 3.8) is 0 Å². The van der Waals surface area contributed by atoms with Gasteiger partial charge in [-0.2, -0.15) is 0 Å². The summed E-state index contributed by atoms with van der Waals surface area (Å²) in [6.45, 7) is 9.74. The number of anilines is 3. The number of benzene rings is 1. The zero-order chi connectivity index (χ0) is 19.5. The van der Waals surface area contributed by atoms with Gasteiger partial charge < -0.3 is 19.5 Å². The minimum absolute atomic E-state index is 0.316. The molecule has 1 saturated heterocycles. The molecule has 1 N–H and O–H groups in total. The van der Waals surface area contributed by atoms with E-state index in [1.807, 2.05) is 19.2 Å². The fourth-order valence-electron chi connectivity index (χ4n) is 3.56. The van der Waals surface area contributed by atoms with Gasteiger partial charge in [-0.05, 0) is 51.1 Å². The van der Waals surface area contributed by atoms with Crippen molar-refractivity contribution in [3.8, 4) is 11.4 Å². The van der Waals surface area contributed by atoms with Crippen LogP contribution in [0.25, 0.3) is 11.4 Å². The predicted molar refractivity (Wildman–Crippen MR) is 111 cm³/mol. The number of hydrogen-bond acceptors (Lipinski definition) is 6. The molecule has 7 nitrogen and oxygen atoms in total. The Balaban J connectivity index is 1.52. The molecule has 1 aliphatic heterocycles. The zero-order valence-corrected chi connectivity index (χ0v) is 16.6. The van der Waals surface area contributed by atoms with E-state index < -0.39 is 0 Å². The van der Waals surface area contributed by atoms with Gasteiger partial charge in [0, 0.05) is 36.7 Å². The van der Waals surface area contributed by atoms with Crippen LogP contribution in [-0.4, -0.2) is 45.8 Å². The number of rotatable bonds is 5. The monoisotopic (exact) mass is 378 g/mol. The van der Waals surface area contributed by atoms with E-state index in [-0.39, 0.29) is 0 Å². The molecule has 4 rings (SSSR count). The number of ether oxygens (including phenoxy) is 1. The second kappa shape index (κ2) is 7.98. The average molecular weight is 378 g/mol. The summed E-state index contributed by atoms with van der Waals surface area (Å²) in [4.78, 5) is 15.9. The average Bonchev–Trinajstić information content (AvgIpc) is 3.11. The minimum atomic E-state index is 0.316. The number of hydrogen-bond donors (Lipinski definition) is 1. The topological polar surface area (TPSA) is 68.1 Å². The van der Waals surface area contributed by atoms with Gasteiger partial charge in [0.15, 0.2) is 0 Å². The molecule has 1 aromatic carbocycles. The molecular weight excluding hydrogens is 352 g/mol. The normalized spacial score (nSPS) is 14.5. The summed E-state index contributed by atoms with van der Waals surface area (Å²) in [7, 11) is 0. The SMILES string of the molecule is Cc1ncc(-c2ccnc(Nc3ccc(N4CCOCC4)cc3)n2)n1C(C)C. The summed E-state index contributed by atoms with van der Waals surface area (Å²) >= 11 is 0. The number of morpholine rings is 1. The van der Waals surface area contributed by atoms with Crippen molar-refractivity contribution in [2.24, 2.45) is 0 Å². The van der Waals surface area contributed by atoms with Crippen LogP contribution in [0.1, 0.15) is 25.7 Å². The van der Waals surface area contributed by atoms with Crippen LogP contribution in [0.5, 0.6) is 0 Å². The van der Waals surface area contributed by atoms with Gasteiger partial charge in [-0.25, -0.2) is 15.0 Å². The molecule has 1 aliphatic rings. The molecule has 0 amide bonds. The Morgan fingerprint density at radius 3 is 2.50 bits per heavy atom. The second-order valence-corrected chi connectivity index (χ2v) is 7.19. The van der Waals surface area contributed by atoms with Gasteiger partial charge in [-0.15, -0.1) is 0 Å². The lowest BCUT2D eigenvalue weighted by Crippen LogP contribution is -2.36. The van der Waals surface area contributed by atoms with Crippen LogP contribution in [0.4, 0.5) is 17.3 Å². The summed E-state index contributed by atoms with van der Waals surface area (Å²) in [5, 5.41) is 3.30. The molecule has 146 valence electrons. The van der Waals surface area contributed by atoms with E-state index in [4.69, 9.17) is 9.72 Å². The highest BCUT2D eigenvalue weighted by Crippen LogP contribution is 2.25. The van der Waals surface area contributed by atoms with Crippen LogP contribution in [-0.2, 0) is 4.74 Å². The molecule has 2 aromatic heterocycles. The molecule has 0 radical (unpaired) electrons. The van der Waals surface area contributed by atoms with Crippen LogP contribution in [0.3, 0.4) is 0 Å². The lowest BCUT2D eigenvalue weighted by molar-refractivity contribution is 0.122. The van der Waals surface area contributed by atoms with Crippen molar-refractivity contribution in [1.29, 1.82) is 0 Å². The van der Waals surface area contributed by atoms with Crippen LogP contribution in [0, 0.1) is 6.92 Å². The van der Waals surface area contributed by atoms with Crippen LogP contribution >= 0.6 is 0 Å². The lowest BCUT2D eigenvalue weighted by Gasteiger charge is -2.28. The molecule has 0 unspecified atom stereocenters. The van der Waals surface area contributed by atoms with Crippen molar-refractivity contribution in [1.82, 2.24) is 19.5 Å². The van der Waals surface area contributed by atoms with Crippen molar-refractivity contribution < 1.29 is 4.74 Å². The molecular formula is C21H26N6O. The van der Waals surface area contributed by atoms with Crippen LogP contribution in [0.2, 0.25) is 0 Å². The number of nitrogens with zero attached hydrogens (tertiary/aromatic N) is 5. The molecule has 0 atom stereocenters. The van der Waals surface area contributed by atoms with Gasteiger partial charge in [0.05, 0.1) is 30.8 Å².